The molecule has 0 unspecified atom stereocenters. The van der Waals surface area contributed by atoms with Crippen molar-refractivity contribution in [3.8, 4) is 5.75 Å². The summed E-state index contributed by atoms with van der Waals surface area (Å²) in [4.78, 5) is 39.5. The lowest BCUT2D eigenvalue weighted by atomic mass is 9.76. The summed E-state index contributed by atoms with van der Waals surface area (Å²) >= 11 is 0. The van der Waals surface area contributed by atoms with Crippen molar-refractivity contribution in [2.45, 2.75) is 40.0 Å². The summed E-state index contributed by atoms with van der Waals surface area (Å²) in [6.07, 6.45) is 2.52. The van der Waals surface area contributed by atoms with Crippen molar-refractivity contribution in [3.05, 3.63) is 59.2 Å². The maximum Gasteiger partial charge on any atom is 0.343 e. The average molecular weight is 391 g/mol. The summed E-state index contributed by atoms with van der Waals surface area (Å²) in [6.45, 7) is 5.92. The number of imide groups is 1. The molecule has 1 saturated heterocycles. The molecule has 0 aromatic heterocycles. The Morgan fingerprint density at radius 3 is 2.21 bits per heavy atom. The highest BCUT2D eigenvalue weighted by atomic mass is 16.5. The van der Waals surface area contributed by atoms with Crippen LogP contribution in [0.3, 0.4) is 0 Å². The van der Waals surface area contributed by atoms with Crippen molar-refractivity contribution in [2.24, 2.45) is 17.8 Å². The van der Waals surface area contributed by atoms with Crippen LogP contribution in [0.1, 0.15) is 47.7 Å². The molecular weight excluding hydrogens is 366 g/mol. The van der Waals surface area contributed by atoms with Crippen molar-refractivity contribution < 1.29 is 19.1 Å². The minimum atomic E-state index is -0.462. The van der Waals surface area contributed by atoms with Crippen LogP contribution in [0.4, 0.5) is 5.69 Å². The number of hydrogen-bond donors (Lipinski definition) is 0. The van der Waals surface area contributed by atoms with Crippen molar-refractivity contribution >= 4 is 23.5 Å². The molecule has 2 aromatic carbocycles. The summed E-state index contributed by atoms with van der Waals surface area (Å²) in [5, 5.41) is 0. The number of para-hydroxylation sites is 1. The Morgan fingerprint density at radius 2 is 1.55 bits per heavy atom. The van der Waals surface area contributed by atoms with Gasteiger partial charge >= 0.3 is 5.97 Å². The van der Waals surface area contributed by atoms with Crippen LogP contribution >= 0.6 is 0 Å². The molecule has 0 radical (unpaired) electrons. The van der Waals surface area contributed by atoms with Gasteiger partial charge in [0, 0.05) is 0 Å². The third-order valence-corrected chi connectivity index (χ3v) is 6.15. The van der Waals surface area contributed by atoms with E-state index < -0.39 is 5.97 Å². The van der Waals surface area contributed by atoms with Gasteiger partial charge < -0.3 is 4.74 Å². The van der Waals surface area contributed by atoms with Crippen molar-refractivity contribution in [2.75, 3.05) is 4.90 Å². The number of nitrogens with zero attached hydrogens (tertiary/aromatic N) is 1. The number of esters is 1. The Kier molecular flexibility index (Phi) is 4.99. The predicted octanol–water partition coefficient (Wildman–Crippen LogP) is 4.45. The zero-order valence-corrected chi connectivity index (χ0v) is 17.0. The maximum atomic E-state index is 12.8. The molecule has 2 aromatic rings. The molecule has 4 rings (SSSR count). The second-order valence-electron chi connectivity index (χ2n) is 8.30. The number of carbonyl (C=O) groups excluding carboxylic acids is 3. The zero-order valence-electron chi connectivity index (χ0n) is 17.0. The van der Waals surface area contributed by atoms with E-state index in [1.54, 1.807) is 24.3 Å². The monoisotopic (exact) mass is 391 g/mol. The fraction of sp³-hybridized carbons (Fsp3) is 0.375. The number of benzene rings is 2. The Bertz CT molecular complexity index is 959. The molecule has 5 heteroatoms. The minimum absolute atomic E-state index is 0.113. The molecule has 3 atom stereocenters. The summed E-state index contributed by atoms with van der Waals surface area (Å²) in [5.74, 6) is -0.0716. The minimum Gasteiger partial charge on any atom is -0.422 e. The zero-order chi connectivity index (χ0) is 20.7. The molecule has 150 valence electrons. The smallest absolute Gasteiger partial charge is 0.343 e. The van der Waals surface area contributed by atoms with Gasteiger partial charge in [0.15, 0.2) is 0 Å². The van der Waals surface area contributed by atoms with Crippen LogP contribution < -0.4 is 9.64 Å². The molecule has 0 spiro atoms. The van der Waals surface area contributed by atoms with Crippen LogP contribution in [-0.4, -0.2) is 17.8 Å². The molecule has 2 aliphatic rings. The van der Waals surface area contributed by atoms with E-state index >= 15 is 0 Å². The van der Waals surface area contributed by atoms with E-state index in [2.05, 4.69) is 6.92 Å². The average Bonchev–Trinajstić information content (AvgIpc) is 2.94. The van der Waals surface area contributed by atoms with E-state index in [9.17, 15) is 14.4 Å². The van der Waals surface area contributed by atoms with Crippen molar-refractivity contribution in [1.29, 1.82) is 0 Å². The van der Waals surface area contributed by atoms with Crippen LogP contribution in [0, 0.1) is 31.6 Å². The van der Waals surface area contributed by atoms with Crippen molar-refractivity contribution in [1.82, 2.24) is 0 Å². The van der Waals surface area contributed by atoms with Gasteiger partial charge in [0.25, 0.3) is 0 Å². The van der Waals surface area contributed by atoms with Crippen LogP contribution in [0.2, 0.25) is 0 Å². The molecule has 5 nitrogen and oxygen atoms in total. The first-order chi connectivity index (χ1) is 13.9. The van der Waals surface area contributed by atoms with Crippen LogP contribution in [0.25, 0.3) is 0 Å². The molecule has 1 saturated carbocycles. The van der Waals surface area contributed by atoms with Gasteiger partial charge in [-0.25, -0.2) is 4.79 Å². The number of aryl methyl sites for hydroxylation is 2. The fourth-order valence-corrected chi connectivity index (χ4v) is 4.50. The Morgan fingerprint density at radius 1 is 0.931 bits per heavy atom. The maximum absolute atomic E-state index is 12.8. The quantitative estimate of drug-likeness (QED) is 0.441. The lowest BCUT2D eigenvalue weighted by Crippen LogP contribution is -2.30. The van der Waals surface area contributed by atoms with Crippen molar-refractivity contribution in [3.63, 3.8) is 0 Å². The van der Waals surface area contributed by atoms with E-state index in [0.29, 0.717) is 22.9 Å². The van der Waals surface area contributed by atoms with E-state index in [1.807, 2.05) is 32.0 Å². The van der Waals surface area contributed by atoms with E-state index in [-0.39, 0.29) is 23.7 Å². The number of hydrogen-bond acceptors (Lipinski definition) is 4. The largest absolute Gasteiger partial charge is 0.422 e. The highest BCUT2D eigenvalue weighted by Crippen LogP contribution is 2.42. The predicted molar refractivity (Wildman–Crippen MR) is 110 cm³/mol. The Balaban J connectivity index is 1.53. The highest BCUT2D eigenvalue weighted by molar-refractivity contribution is 6.22. The summed E-state index contributed by atoms with van der Waals surface area (Å²) in [5.41, 5.74) is 2.67. The van der Waals surface area contributed by atoms with Gasteiger partial charge in [0.1, 0.15) is 5.75 Å². The first kappa shape index (κ1) is 19.4. The fourth-order valence-electron chi connectivity index (χ4n) is 4.50. The normalized spacial score (nSPS) is 23.8. The molecule has 2 amide bonds. The highest BCUT2D eigenvalue weighted by Gasteiger charge is 2.49. The van der Waals surface area contributed by atoms with Gasteiger partial charge in [-0.3, -0.25) is 14.5 Å². The summed E-state index contributed by atoms with van der Waals surface area (Å²) in [6, 6.07) is 12.2. The number of amides is 2. The molecular formula is C24H25NO4. The molecule has 0 N–H and O–H groups in total. The molecule has 2 fully saturated rings. The van der Waals surface area contributed by atoms with E-state index in [4.69, 9.17) is 4.74 Å². The SMILES string of the molecule is Cc1cccc(C)c1OC(=O)c1ccc(N2C(=O)[C@@H]3CC[C@@H](C)C[C@H]3C2=O)cc1. The second kappa shape index (κ2) is 7.47. The third-order valence-electron chi connectivity index (χ3n) is 6.15. The first-order valence-electron chi connectivity index (χ1n) is 10.1. The number of ether oxygens (including phenoxy) is 1. The third kappa shape index (κ3) is 3.46. The number of fused-ring (bicyclic) bond motifs is 1. The second-order valence-corrected chi connectivity index (χ2v) is 8.30. The summed E-state index contributed by atoms with van der Waals surface area (Å²) in [7, 11) is 0. The molecule has 29 heavy (non-hydrogen) atoms. The topological polar surface area (TPSA) is 63.7 Å². The molecule has 1 heterocycles. The Hall–Kier alpha value is -2.95. The number of anilines is 1. The van der Waals surface area contributed by atoms with Gasteiger partial charge in [-0.1, -0.05) is 25.1 Å². The summed E-state index contributed by atoms with van der Waals surface area (Å²) < 4.78 is 5.57. The Labute approximate surface area is 170 Å². The van der Waals surface area contributed by atoms with Gasteiger partial charge in [-0.15, -0.1) is 0 Å². The van der Waals surface area contributed by atoms with Crippen LogP contribution in [0.15, 0.2) is 42.5 Å². The van der Waals surface area contributed by atoms with Crippen LogP contribution in [0.5, 0.6) is 5.75 Å². The number of rotatable bonds is 3. The number of carbonyl (C=O) groups is 3. The molecule has 1 aliphatic carbocycles. The lowest BCUT2D eigenvalue weighted by molar-refractivity contribution is -0.122. The van der Waals surface area contributed by atoms with Gasteiger partial charge in [0.2, 0.25) is 11.8 Å². The molecule has 1 aliphatic heterocycles. The van der Waals surface area contributed by atoms with E-state index in [1.165, 1.54) is 4.90 Å². The standard InChI is InChI=1S/C24H25NO4/c1-14-7-12-19-20(13-14)23(27)25(22(19)26)18-10-8-17(9-11-18)24(28)29-21-15(2)5-4-6-16(21)3/h4-6,8-11,14,19-20H,7,12-13H2,1-3H3/t14-,19-,20-/m1/s1. The van der Waals surface area contributed by atoms with Crippen LogP contribution in [-0.2, 0) is 9.59 Å². The first-order valence-corrected chi connectivity index (χ1v) is 10.1. The van der Waals surface area contributed by atoms with Gasteiger partial charge in [-0.2, -0.15) is 0 Å². The molecule has 0 bridgehead atoms. The van der Waals surface area contributed by atoms with Gasteiger partial charge in [-0.05, 0) is 74.4 Å². The lowest BCUT2D eigenvalue weighted by Gasteiger charge is -2.25. The van der Waals surface area contributed by atoms with E-state index in [0.717, 1.165) is 30.4 Å². The van der Waals surface area contributed by atoms with Gasteiger partial charge in [0.05, 0.1) is 23.1 Å².